The molecule has 5 heteroatoms. The van der Waals surface area contributed by atoms with Gasteiger partial charge in [0.05, 0.1) is 6.61 Å². The van der Waals surface area contributed by atoms with Gasteiger partial charge in [0, 0.05) is 12.8 Å². The summed E-state index contributed by atoms with van der Waals surface area (Å²) < 4.78 is 10.7. The van der Waals surface area contributed by atoms with Crippen LogP contribution in [0, 0.1) is 0 Å². The molecule has 0 saturated heterocycles. The van der Waals surface area contributed by atoms with Crippen molar-refractivity contribution in [2.45, 2.75) is 290 Å². The highest BCUT2D eigenvalue weighted by molar-refractivity contribution is 5.70. The summed E-state index contributed by atoms with van der Waals surface area (Å²) in [7, 11) is 0. The summed E-state index contributed by atoms with van der Waals surface area (Å²) in [5.74, 6) is -0.615. The molecule has 0 aliphatic carbocycles. The molecule has 0 saturated carbocycles. The lowest BCUT2D eigenvalue weighted by molar-refractivity contribution is -0.161. The average Bonchev–Trinajstić information content (AvgIpc) is 3.49. The lowest BCUT2D eigenvalue weighted by Crippen LogP contribution is -2.28. The number of carbonyl (C=O) groups is 2. The van der Waals surface area contributed by atoms with Crippen LogP contribution in [0.4, 0.5) is 0 Å². The minimum atomic E-state index is -0.792. The molecule has 0 aromatic rings. The Hall–Kier alpha value is -4.74. The third kappa shape index (κ3) is 67.8. The molecule has 5 nitrogen and oxygen atoms in total. The monoisotopic (exact) mass is 1130 g/mol. The van der Waals surface area contributed by atoms with Gasteiger partial charge in [-0.1, -0.05) is 312 Å². The van der Waals surface area contributed by atoms with Gasteiger partial charge in [0.1, 0.15) is 6.61 Å². The summed E-state index contributed by atoms with van der Waals surface area (Å²) in [4.78, 5) is 24.6. The molecule has 0 aliphatic rings. The molecule has 0 radical (unpaired) electrons. The van der Waals surface area contributed by atoms with Crippen molar-refractivity contribution in [2.24, 2.45) is 0 Å². The number of hydrogen-bond acceptors (Lipinski definition) is 5. The number of carbonyl (C=O) groups excluding carboxylic acids is 2. The van der Waals surface area contributed by atoms with Crippen molar-refractivity contribution >= 4 is 11.9 Å². The van der Waals surface area contributed by atoms with Crippen LogP contribution in [0.15, 0.2) is 170 Å². The first kappa shape index (κ1) is 77.3. The fraction of sp³-hybridized carbons (Fsp3) is 0.610. The summed E-state index contributed by atoms with van der Waals surface area (Å²) in [6.45, 7) is 3.90. The predicted molar refractivity (Wildman–Crippen MR) is 361 cm³/mol. The highest BCUT2D eigenvalue weighted by Gasteiger charge is 2.16. The van der Waals surface area contributed by atoms with Gasteiger partial charge in [-0.25, -0.2) is 0 Å². The lowest BCUT2D eigenvalue weighted by atomic mass is 10.0. The predicted octanol–water partition coefficient (Wildman–Crippen LogP) is 23.6. The van der Waals surface area contributed by atoms with E-state index in [4.69, 9.17) is 9.47 Å². The van der Waals surface area contributed by atoms with E-state index in [0.29, 0.717) is 12.8 Å². The molecule has 0 aromatic carbocycles. The first-order valence-electron chi connectivity index (χ1n) is 33.7. The lowest BCUT2D eigenvalue weighted by Gasteiger charge is -2.15. The van der Waals surface area contributed by atoms with E-state index < -0.39 is 6.10 Å². The number of aliphatic hydroxyl groups is 1. The van der Waals surface area contributed by atoms with E-state index in [1.165, 1.54) is 109 Å². The van der Waals surface area contributed by atoms with Gasteiger partial charge >= 0.3 is 11.9 Å². The second kappa shape index (κ2) is 70.5. The minimum absolute atomic E-state index is 0.0837. The molecule has 0 aromatic heterocycles. The van der Waals surface area contributed by atoms with Crippen molar-refractivity contribution in [1.82, 2.24) is 0 Å². The number of hydrogen-bond donors (Lipinski definition) is 1. The largest absolute Gasteiger partial charge is 0.462 e. The van der Waals surface area contributed by atoms with E-state index in [2.05, 4.69) is 184 Å². The molecule has 1 unspecified atom stereocenters. The Bertz CT molecular complexity index is 1810. The number of allylic oxidation sites excluding steroid dienone is 28. The maximum Gasteiger partial charge on any atom is 0.306 e. The Kier molecular flexibility index (Phi) is 66.4. The molecule has 1 N–H and O–H groups in total. The van der Waals surface area contributed by atoms with Gasteiger partial charge in [-0.15, -0.1) is 0 Å². The SMILES string of the molecule is CC/C=C\C/C=C\C/C=C\C/C=C\C/C=C\C/C=C\C/C=C\CCCCCCCCCCCCCCCCCCCCCC(=O)OC(CO)COC(=O)CCCCCCC/C=C\C/C=C\C/C=C\C/C=C\C/C=C\C/C=C\C/C=C\CC. The van der Waals surface area contributed by atoms with Crippen LogP contribution in [0.5, 0.6) is 0 Å². The van der Waals surface area contributed by atoms with Crippen molar-refractivity contribution < 1.29 is 24.2 Å². The van der Waals surface area contributed by atoms with E-state index in [9.17, 15) is 14.7 Å². The zero-order valence-electron chi connectivity index (χ0n) is 52.9. The Balaban J connectivity index is 3.53. The normalized spacial score (nSPS) is 13.4. The van der Waals surface area contributed by atoms with Crippen LogP contribution >= 0.6 is 0 Å². The Morgan fingerprint density at radius 2 is 0.488 bits per heavy atom. The maximum absolute atomic E-state index is 12.4. The van der Waals surface area contributed by atoms with Crippen molar-refractivity contribution in [2.75, 3.05) is 13.2 Å². The van der Waals surface area contributed by atoms with Crippen LogP contribution in [0.2, 0.25) is 0 Å². The van der Waals surface area contributed by atoms with Gasteiger partial charge in [0.15, 0.2) is 6.10 Å². The van der Waals surface area contributed by atoms with E-state index >= 15 is 0 Å². The number of rotatable bonds is 60. The molecule has 462 valence electrons. The number of ether oxygens (including phenoxy) is 2. The van der Waals surface area contributed by atoms with E-state index in [1.807, 2.05) is 0 Å². The fourth-order valence-corrected chi connectivity index (χ4v) is 9.05. The molecular formula is C77H124O5. The summed E-state index contributed by atoms with van der Waals surface area (Å²) >= 11 is 0. The first-order chi connectivity index (χ1) is 40.6. The van der Waals surface area contributed by atoms with Gasteiger partial charge in [0.2, 0.25) is 0 Å². The summed E-state index contributed by atoms with van der Waals surface area (Å²) in [6.07, 6.45) is 109. The summed E-state index contributed by atoms with van der Waals surface area (Å²) in [5, 5.41) is 9.69. The fourth-order valence-electron chi connectivity index (χ4n) is 9.05. The summed E-state index contributed by atoms with van der Waals surface area (Å²) in [5.41, 5.74) is 0. The first-order valence-corrected chi connectivity index (χ1v) is 33.7. The van der Waals surface area contributed by atoms with Crippen LogP contribution in [0.3, 0.4) is 0 Å². The van der Waals surface area contributed by atoms with Crippen LogP contribution in [-0.2, 0) is 19.1 Å². The molecule has 0 fully saturated rings. The summed E-state index contributed by atoms with van der Waals surface area (Å²) in [6, 6.07) is 0. The Labute approximate surface area is 506 Å². The van der Waals surface area contributed by atoms with Crippen LogP contribution < -0.4 is 0 Å². The molecule has 82 heavy (non-hydrogen) atoms. The second-order valence-electron chi connectivity index (χ2n) is 21.8. The van der Waals surface area contributed by atoms with Crippen molar-refractivity contribution in [3.05, 3.63) is 170 Å². The van der Waals surface area contributed by atoms with Crippen LogP contribution in [-0.4, -0.2) is 36.4 Å². The quantitative estimate of drug-likeness (QED) is 0.0373. The molecule has 0 rings (SSSR count). The van der Waals surface area contributed by atoms with Crippen molar-refractivity contribution in [1.29, 1.82) is 0 Å². The van der Waals surface area contributed by atoms with Crippen molar-refractivity contribution in [3.8, 4) is 0 Å². The maximum atomic E-state index is 12.4. The molecule has 0 spiro atoms. The highest BCUT2D eigenvalue weighted by Crippen LogP contribution is 2.16. The van der Waals surface area contributed by atoms with Crippen LogP contribution in [0.25, 0.3) is 0 Å². The smallest absolute Gasteiger partial charge is 0.306 e. The highest BCUT2D eigenvalue weighted by atomic mass is 16.6. The molecule has 0 bridgehead atoms. The Morgan fingerprint density at radius 3 is 0.732 bits per heavy atom. The zero-order valence-corrected chi connectivity index (χ0v) is 52.9. The number of unbranched alkanes of at least 4 members (excludes halogenated alkanes) is 24. The molecule has 1 atom stereocenters. The number of aliphatic hydroxyl groups excluding tert-OH is 1. The molecular weight excluding hydrogens is 1000 g/mol. The second-order valence-corrected chi connectivity index (χ2v) is 21.8. The van der Waals surface area contributed by atoms with Gasteiger partial charge in [0.25, 0.3) is 0 Å². The van der Waals surface area contributed by atoms with Gasteiger partial charge in [-0.2, -0.15) is 0 Å². The van der Waals surface area contributed by atoms with Crippen molar-refractivity contribution in [3.63, 3.8) is 0 Å². The zero-order chi connectivity index (χ0) is 59.1. The van der Waals surface area contributed by atoms with E-state index in [-0.39, 0.29) is 25.2 Å². The molecule has 0 amide bonds. The molecule has 0 heterocycles. The van der Waals surface area contributed by atoms with E-state index in [0.717, 1.165) is 148 Å². The standard InChI is InChI=1S/C77H124O5/c1-3-5-7-9-11-13-15-17-19-21-23-25-27-29-31-32-33-34-35-36-37-38-39-40-41-42-43-44-46-48-50-52-54-56-58-60-62-64-66-68-70-72-77(80)82-75(73-78)74-81-76(79)71-69-67-65-63-61-59-57-55-53-51-49-47-45-30-28-26-24-22-20-18-16-14-12-10-8-6-4-2/h5-8,11-14,17-20,23-26,29-31,33-34,36-37,45,49,51,55,57,75,78H,3-4,9-10,15-16,21-22,27-28,32,35,38-44,46-48,50,52-54,56,58-74H2,1-2H3/b7-5-,8-6-,13-11-,14-12-,19-17-,20-18-,25-23-,26-24-,31-29-,34-33-,37-36-,45-30-,51-49-,57-55-. The Morgan fingerprint density at radius 1 is 0.280 bits per heavy atom. The van der Waals surface area contributed by atoms with E-state index in [1.54, 1.807) is 0 Å². The third-order valence-electron chi connectivity index (χ3n) is 14.0. The molecule has 0 aliphatic heterocycles. The minimum Gasteiger partial charge on any atom is -0.462 e. The van der Waals surface area contributed by atoms with Gasteiger partial charge < -0.3 is 14.6 Å². The van der Waals surface area contributed by atoms with Gasteiger partial charge in [-0.05, 0) is 128 Å². The number of esters is 2. The third-order valence-corrected chi connectivity index (χ3v) is 14.0. The van der Waals surface area contributed by atoms with Crippen LogP contribution in [0.1, 0.15) is 284 Å². The average molecular weight is 1130 g/mol. The van der Waals surface area contributed by atoms with Gasteiger partial charge in [-0.3, -0.25) is 9.59 Å². The topological polar surface area (TPSA) is 72.8 Å².